The van der Waals surface area contributed by atoms with Gasteiger partial charge in [0.2, 0.25) is 0 Å². The minimum atomic E-state index is -0.225. The van der Waals surface area contributed by atoms with Crippen LogP contribution in [0.5, 0.6) is 0 Å². The summed E-state index contributed by atoms with van der Waals surface area (Å²) in [6.45, 7) is 2.27. The zero-order chi connectivity index (χ0) is 28.3. The first-order valence-corrected chi connectivity index (χ1v) is 19.9. The first kappa shape index (κ1) is 34.1. The van der Waals surface area contributed by atoms with Gasteiger partial charge < -0.3 is 9.80 Å². The van der Waals surface area contributed by atoms with Crippen molar-refractivity contribution in [3.05, 3.63) is 121 Å². The van der Waals surface area contributed by atoms with Gasteiger partial charge in [0.25, 0.3) is 0 Å². The normalized spacial score (nSPS) is 10.8. The van der Waals surface area contributed by atoms with Crippen molar-refractivity contribution < 1.29 is 15.9 Å². The molecule has 0 spiro atoms. The van der Waals surface area contributed by atoms with Gasteiger partial charge in [0.1, 0.15) is 0 Å². The van der Waals surface area contributed by atoms with Crippen molar-refractivity contribution in [3.8, 4) is 0 Å². The van der Waals surface area contributed by atoms with Gasteiger partial charge in [0.05, 0.1) is 0 Å². The topological polar surface area (TPSA) is 6.48 Å². The van der Waals surface area contributed by atoms with Crippen LogP contribution in [0.2, 0.25) is 0 Å². The van der Waals surface area contributed by atoms with E-state index < -0.39 is 0 Å². The van der Waals surface area contributed by atoms with E-state index in [-0.39, 0.29) is 31.8 Å². The summed E-state index contributed by atoms with van der Waals surface area (Å²) in [7, 11) is 17.7. The average molecular weight is 692 g/mol. The molecule has 0 atom stereocenters. The fourth-order valence-corrected chi connectivity index (χ4v) is 8.80. The molecule has 0 aliphatic rings. The molecule has 0 saturated carbocycles. The Labute approximate surface area is 255 Å². The van der Waals surface area contributed by atoms with Gasteiger partial charge in [-0.15, -0.1) is 0 Å². The molecule has 4 aromatic carbocycles. The van der Waals surface area contributed by atoms with Crippen LogP contribution in [-0.4, -0.2) is 63.4 Å². The van der Waals surface area contributed by atoms with Crippen LogP contribution < -0.4 is 21.2 Å². The Morgan fingerprint density at radius 3 is 0.846 bits per heavy atom. The summed E-state index contributed by atoms with van der Waals surface area (Å²) in [5.41, 5.74) is 0. The Bertz CT molecular complexity index is 952. The van der Waals surface area contributed by atoms with E-state index in [0.717, 1.165) is 13.1 Å². The predicted octanol–water partition coefficient (Wildman–Crippen LogP) is 6.74. The van der Waals surface area contributed by atoms with Crippen molar-refractivity contribution in [2.24, 2.45) is 0 Å². The van der Waals surface area contributed by atoms with Gasteiger partial charge >= 0.3 is 35.0 Å². The first-order valence-electron chi connectivity index (χ1n) is 12.8. The van der Waals surface area contributed by atoms with Gasteiger partial charge in [0, 0.05) is 13.1 Å². The number of nitrogens with zero attached hydrogens (tertiary/aromatic N) is 2. The number of rotatable bonds is 10. The molecular formula is C32H40Cl2N2P2Pd. The van der Waals surface area contributed by atoms with E-state index in [4.69, 9.17) is 19.1 Å². The van der Waals surface area contributed by atoms with Crippen LogP contribution in [0.15, 0.2) is 121 Å². The van der Waals surface area contributed by atoms with Crippen molar-refractivity contribution in [1.82, 2.24) is 9.80 Å². The van der Waals surface area contributed by atoms with Crippen molar-refractivity contribution in [3.63, 3.8) is 0 Å². The molecule has 0 heterocycles. The van der Waals surface area contributed by atoms with E-state index in [0.29, 0.717) is 0 Å². The molecule has 0 unspecified atom stereocenters. The maximum atomic E-state index is 4.81. The summed E-state index contributed by atoms with van der Waals surface area (Å²) >= 11 is -0.106. The average Bonchev–Trinajstić information content (AvgIpc) is 2.96. The van der Waals surface area contributed by atoms with Gasteiger partial charge in [-0.25, -0.2) is 0 Å². The molecule has 39 heavy (non-hydrogen) atoms. The molecule has 0 bridgehead atoms. The van der Waals surface area contributed by atoms with Crippen molar-refractivity contribution in [2.75, 3.05) is 53.6 Å². The van der Waals surface area contributed by atoms with E-state index in [1.165, 1.54) is 33.5 Å². The number of hydrogen-bond donors (Lipinski definition) is 0. The third kappa shape index (κ3) is 13.9. The molecule has 212 valence electrons. The maximum absolute atomic E-state index is 4.81. The molecule has 2 nitrogen and oxygen atoms in total. The number of halogens is 2. The second kappa shape index (κ2) is 20.7. The molecule has 7 heteroatoms. The fourth-order valence-electron chi connectivity index (χ4n) is 3.85. The van der Waals surface area contributed by atoms with Gasteiger partial charge in [-0.3, -0.25) is 0 Å². The van der Waals surface area contributed by atoms with Gasteiger partial charge in [-0.05, 0) is 77.6 Å². The van der Waals surface area contributed by atoms with Gasteiger partial charge in [-0.1, -0.05) is 121 Å². The van der Waals surface area contributed by atoms with E-state index in [9.17, 15) is 0 Å². The first-order chi connectivity index (χ1) is 19.0. The molecule has 0 aromatic heterocycles. The summed E-state index contributed by atoms with van der Waals surface area (Å²) in [6, 6.07) is 43.6. The molecule has 0 amide bonds. The SMILES string of the molecule is CN(C)CCP(c1ccccc1)c1ccccc1.CN(C)CCP(c1ccccc1)c1ccccc1.[Cl][Pd][Cl]. The second-order valence-corrected chi connectivity index (χ2v) is 16.3. The summed E-state index contributed by atoms with van der Waals surface area (Å²) in [5, 5.41) is 5.89. The van der Waals surface area contributed by atoms with Crippen LogP contribution in [0.1, 0.15) is 0 Å². The molecule has 0 radical (unpaired) electrons. The number of benzene rings is 4. The van der Waals surface area contributed by atoms with Crippen LogP contribution in [0.25, 0.3) is 0 Å². The predicted molar refractivity (Wildman–Crippen MR) is 177 cm³/mol. The van der Waals surface area contributed by atoms with Gasteiger partial charge in [-0.2, -0.15) is 0 Å². The Balaban J connectivity index is 0.000000249. The summed E-state index contributed by atoms with van der Waals surface area (Å²) in [4.78, 5) is 4.53. The molecule has 0 N–H and O–H groups in total. The summed E-state index contributed by atoms with van der Waals surface area (Å²) in [5.74, 6) is 0. The Hall–Kier alpha value is -1.10. The molecular weight excluding hydrogens is 652 g/mol. The van der Waals surface area contributed by atoms with Crippen molar-refractivity contribution in [1.29, 1.82) is 0 Å². The number of hydrogen-bond acceptors (Lipinski definition) is 2. The van der Waals surface area contributed by atoms with Crippen LogP contribution in [0.4, 0.5) is 0 Å². The summed E-state index contributed by atoms with van der Waals surface area (Å²) in [6.07, 6.45) is 2.44. The third-order valence-electron chi connectivity index (χ3n) is 5.81. The van der Waals surface area contributed by atoms with E-state index >= 15 is 0 Å². The van der Waals surface area contributed by atoms with Crippen molar-refractivity contribution >= 4 is 56.1 Å². The van der Waals surface area contributed by atoms with Crippen LogP contribution in [0, 0.1) is 0 Å². The monoisotopic (exact) mass is 690 g/mol. The van der Waals surface area contributed by atoms with Gasteiger partial charge in [0.15, 0.2) is 0 Å². The zero-order valence-corrected chi connectivity index (χ0v) is 28.1. The Morgan fingerprint density at radius 1 is 0.462 bits per heavy atom. The molecule has 0 fully saturated rings. The van der Waals surface area contributed by atoms with Crippen LogP contribution >= 0.6 is 34.9 Å². The summed E-state index contributed by atoms with van der Waals surface area (Å²) < 4.78 is 0. The molecule has 0 saturated heterocycles. The molecule has 4 aromatic rings. The van der Waals surface area contributed by atoms with Crippen LogP contribution in [-0.2, 0) is 15.9 Å². The third-order valence-corrected chi connectivity index (χ3v) is 10.8. The molecule has 4 rings (SSSR count). The standard InChI is InChI=1S/2C16H20NP.2ClH.Pd/c2*1-17(2)13-14-18(15-9-5-3-6-10-15)16-11-7-4-8-12-16;;;/h2*3-12H,13-14H2,1-2H3;2*1H;/q;;;;+2/p-2. The van der Waals surface area contributed by atoms with E-state index in [2.05, 4.69) is 159 Å². The Kier molecular flexibility index (Phi) is 18.1. The Morgan fingerprint density at radius 2 is 0.667 bits per heavy atom. The minimum absolute atomic E-state index is 0.106. The zero-order valence-electron chi connectivity index (χ0n) is 23.2. The van der Waals surface area contributed by atoms with Crippen LogP contribution in [0.3, 0.4) is 0 Å². The quantitative estimate of drug-likeness (QED) is 0.134. The van der Waals surface area contributed by atoms with E-state index in [1.807, 2.05) is 0 Å². The molecule has 0 aliphatic carbocycles. The fraction of sp³-hybridized carbons (Fsp3) is 0.250. The molecule has 0 aliphatic heterocycles. The van der Waals surface area contributed by atoms with Crippen molar-refractivity contribution in [2.45, 2.75) is 0 Å². The van der Waals surface area contributed by atoms with E-state index in [1.54, 1.807) is 0 Å². The second-order valence-electron chi connectivity index (χ2n) is 9.30.